The first kappa shape index (κ1) is 21.2. The van der Waals surface area contributed by atoms with E-state index in [1.165, 1.54) is 16.7 Å². The quantitative estimate of drug-likeness (QED) is 0.573. The van der Waals surface area contributed by atoms with Gasteiger partial charge in [0.1, 0.15) is 17.3 Å². The van der Waals surface area contributed by atoms with Gasteiger partial charge in [0.2, 0.25) is 5.91 Å². The number of hydrogen-bond acceptors (Lipinski definition) is 6. The Morgan fingerprint density at radius 3 is 2.59 bits per heavy atom. The minimum Gasteiger partial charge on any atom is -0.497 e. The van der Waals surface area contributed by atoms with Gasteiger partial charge >= 0.3 is 0 Å². The van der Waals surface area contributed by atoms with E-state index >= 15 is 0 Å². The van der Waals surface area contributed by atoms with Gasteiger partial charge in [-0.3, -0.25) is 14.9 Å². The van der Waals surface area contributed by atoms with E-state index in [-0.39, 0.29) is 17.3 Å². The van der Waals surface area contributed by atoms with Gasteiger partial charge in [-0.05, 0) is 49.2 Å². The molecule has 2 aromatic rings. The summed E-state index contributed by atoms with van der Waals surface area (Å²) in [7, 11) is 1.56. The van der Waals surface area contributed by atoms with Gasteiger partial charge in [0.05, 0.1) is 13.3 Å². The number of aryl methyl sites for hydroxylation is 2. The maximum atomic E-state index is 12.5. The highest BCUT2D eigenvalue weighted by Gasteiger charge is 2.35. The Balaban J connectivity index is 1.57. The fraction of sp³-hybridized carbons (Fsp3) is 0.333. The molecule has 3 unspecified atom stereocenters. The number of amides is 2. The summed E-state index contributed by atoms with van der Waals surface area (Å²) in [6.45, 7) is 4.12. The molecular weight excluding hydrogens is 388 g/mol. The number of rotatable bonds is 6. The molecule has 29 heavy (non-hydrogen) atoms. The van der Waals surface area contributed by atoms with Crippen molar-refractivity contribution < 1.29 is 14.3 Å². The molecule has 154 valence electrons. The molecule has 2 aromatic carbocycles. The number of carbonyl (C=O) groups is 2. The van der Waals surface area contributed by atoms with Gasteiger partial charge < -0.3 is 21.1 Å². The summed E-state index contributed by atoms with van der Waals surface area (Å²) in [5.74, 6) is 0.711. The Kier molecular flexibility index (Phi) is 6.79. The molecule has 0 saturated carbocycles. The van der Waals surface area contributed by atoms with Crippen LogP contribution in [-0.4, -0.2) is 36.6 Å². The Morgan fingerprint density at radius 2 is 1.93 bits per heavy atom. The smallest absolute Gasteiger partial charge is 0.252 e. The maximum Gasteiger partial charge on any atom is 0.252 e. The lowest BCUT2D eigenvalue weighted by Gasteiger charge is -2.35. The number of methoxy groups -OCH3 is 1. The highest BCUT2D eigenvalue weighted by atomic mass is 32.2. The van der Waals surface area contributed by atoms with Crippen molar-refractivity contribution >= 4 is 23.6 Å². The van der Waals surface area contributed by atoms with Crippen LogP contribution in [0.15, 0.2) is 42.5 Å². The average molecular weight is 415 g/mol. The topological polar surface area (TPSA) is 105 Å². The number of benzene rings is 2. The molecule has 3 rings (SSSR count). The monoisotopic (exact) mass is 414 g/mol. The van der Waals surface area contributed by atoms with E-state index in [1.807, 2.05) is 0 Å². The van der Waals surface area contributed by atoms with Crippen molar-refractivity contribution in [3.8, 4) is 5.75 Å². The third-order valence-corrected chi connectivity index (χ3v) is 5.87. The van der Waals surface area contributed by atoms with Crippen LogP contribution in [0.1, 0.15) is 27.0 Å². The van der Waals surface area contributed by atoms with Crippen LogP contribution in [0, 0.1) is 13.8 Å². The van der Waals surface area contributed by atoms with Crippen LogP contribution in [0.25, 0.3) is 0 Å². The fourth-order valence-corrected chi connectivity index (χ4v) is 4.15. The van der Waals surface area contributed by atoms with Gasteiger partial charge in [-0.2, -0.15) is 0 Å². The van der Waals surface area contributed by atoms with Crippen LogP contribution in [-0.2, 0) is 10.5 Å². The van der Waals surface area contributed by atoms with Crippen molar-refractivity contribution in [3.63, 3.8) is 0 Å². The molecule has 1 aliphatic heterocycles. The molecule has 5 N–H and O–H groups in total. The third kappa shape index (κ3) is 5.29. The Bertz CT molecular complexity index is 888. The summed E-state index contributed by atoms with van der Waals surface area (Å²) in [4.78, 5) is 25.0. The van der Waals surface area contributed by atoms with E-state index in [2.05, 4.69) is 48.0 Å². The standard InChI is InChI=1S/C21H26N4O3S/c1-12-4-5-13(2)15(10-12)11-29-21-24-18(22)17(20(27)25-21)23-19(26)14-6-8-16(28-3)9-7-14/h4-10,17-18,21,24H,11,22H2,1-3H3,(H,23,26)(H,25,27). The van der Waals surface area contributed by atoms with Crippen LogP contribution in [0.2, 0.25) is 0 Å². The minimum absolute atomic E-state index is 0.309. The lowest BCUT2D eigenvalue weighted by Crippen LogP contribution is -2.70. The third-order valence-electron chi connectivity index (χ3n) is 4.81. The van der Waals surface area contributed by atoms with E-state index in [0.717, 1.165) is 5.75 Å². The number of ether oxygens (including phenoxy) is 1. The van der Waals surface area contributed by atoms with Gasteiger partial charge in [0.25, 0.3) is 5.91 Å². The Hall–Kier alpha value is -2.55. The normalized spacial score (nSPS) is 21.4. The first-order valence-corrected chi connectivity index (χ1v) is 10.4. The molecular formula is C21H26N4O3S. The van der Waals surface area contributed by atoms with Crippen LogP contribution in [0.5, 0.6) is 5.75 Å². The van der Waals surface area contributed by atoms with Crippen LogP contribution in [0.4, 0.5) is 0 Å². The molecule has 0 bridgehead atoms. The van der Waals surface area contributed by atoms with Crippen LogP contribution < -0.4 is 26.4 Å². The van der Waals surface area contributed by atoms with Crippen molar-refractivity contribution in [2.45, 2.75) is 37.3 Å². The van der Waals surface area contributed by atoms with Gasteiger partial charge in [-0.15, -0.1) is 11.8 Å². The molecule has 2 amide bonds. The van der Waals surface area contributed by atoms with Crippen molar-refractivity contribution in [2.75, 3.05) is 7.11 Å². The van der Waals surface area contributed by atoms with Gasteiger partial charge in [0, 0.05) is 11.3 Å². The van der Waals surface area contributed by atoms with E-state index in [0.29, 0.717) is 11.3 Å². The molecule has 7 nitrogen and oxygen atoms in total. The summed E-state index contributed by atoms with van der Waals surface area (Å²) in [6.07, 6.45) is -0.693. The van der Waals surface area contributed by atoms with E-state index < -0.39 is 12.2 Å². The zero-order chi connectivity index (χ0) is 21.0. The van der Waals surface area contributed by atoms with Crippen molar-refractivity contribution in [3.05, 3.63) is 64.7 Å². The summed E-state index contributed by atoms with van der Waals surface area (Å²) in [5, 5.41) is 8.72. The second-order valence-corrected chi connectivity index (χ2v) is 8.10. The predicted molar refractivity (Wildman–Crippen MR) is 115 cm³/mol. The number of hydrogen-bond donors (Lipinski definition) is 4. The van der Waals surface area contributed by atoms with E-state index in [4.69, 9.17) is 10.5 Å². The lowest BCUT2D eigenvalue weighted by atomic mass is 10.1. The molecule has 0 spiro atoms. The minimum atomic E-state index is -0.859. The maximum absolute atomic E-state index is 12.5. The SMILES string of the molecule is COc1ccc(C(=O)NC2C(=O)NC(SCc3cc(C)ccc3C)NC2N)cc1. The number of carbonyl (C=O) groups excluding carboxylic acids is 2. The molecule has 1 aliphatic rings. The van der Waals surface area contributed by atoms with Crippen LogP contribution >= 0.6 is 11.8 Å². The molecule has 0 aromatic heterocycles. The summed E-state index contributed by atoms with van der Waals surface area (Å²) in [6, 6.07) is 12.1. The number of thioether (sulfide) groups is 1. The number of nitrogens with one attached hydrogen (secondary N) is 3. The second-order valence-electron chi connectivity index (χ2n) is 7.00. The van der Waals surface area contributed by atoms with Gasteiger partial charge in [0.15, 0.2) is 0 Å². The van der Waals surface area contributed by atoms with E-state index in [1.54, 1.807) is 43.1 Å². The highest BCUT2D eigenvalue weighted by molar-refractivity contribution is 7.99. The van der Waals surface area contributed by atoms with E-state index in [9.17, 15) is 9.59 Å². The van der Waals surface area contributed by atoms with Crippen molar-refractivity contribution in [2.24, 2.45) is 5.73 Å². The molecule has 1 saturated heterocycles. The zero-order valence-corrected chi connectivity index (χ0v) is 17.5. The first-order valence-electron chi connectivity index (χ1n) is 9.32. The summed E-state index contributed by atoms with van der Waals surface area (Å²) < 4.78 is 5.09. The first-order chi connectivity index (χ1) is 13.9. The highest BCUT2D eigenvalue weighted by Crippen LogP contribution is 2.21. The van der Waals surface area contributed by atoms with Crippen molar-refractivity contribution in [1.82, 2.24) is 16.0 Å². The van der Waals surface area contributed by atoms with Gasteiger partial charge in [-0.1, -0.05) is 23.8 Å². The lowest BCUT2D eigenvalue weighted by molar-refractivity contribution is -0.125. The van der Waals surface area contributed by atoms with Crippen LogP contribution in [0.3, 0.4) is 0 Å². The van der Waals surface area contributed by atoms with Gasteiger partial charge in [-0.25, -0.2) is 0 Å². The fourth-order valence-electron chi connectivity index (χ4n) is 3.04. The molecule has 8 heteroatoms. The summed E-state index contributed by atoms with van der Waals surface area (Å²) in [5.41, 5.74) is 9.86. The predicted octanol–water partition coefficient (Wildman–Crippen LogP) is 1.63. The average Bonchev–Trinajstić information content (AvgIpc) is 2.71. The molecule has 3 atom stereocenters. The largest absolute Gasteiger partial charge is 0.497 e. The summed E-state index contributed by atoms with van der Waals surface area (Å²) >= 11 is 1.55. The zero-order valence-electron chi connectivity index (χ0n) is 16.7. The Labute approximate surface area is 174 Å². The molecule has 0 aliphatic carbocycles. The Morgan fingerprint density at radius 1 is 1.21 bits per heavy atom. The molecule has 0 radical (unpaired) electrons. The molecule has 1 heterocycles. The second kappa shape index (κ2) is 9.30. The molecule has 1 fully saturated rings. The number of nitrogens with two attached hydrogens (primary N) is 1. The van der Waals surface area contributed by atoms with Crippen molar-refractivity contribution in [1.29, 1.82) is 0 Å².